The standard InChI is InChI=1S/C22H16N2O8/c25-19-17-8-4-5-9-18(17)31-20(13-6-2-1-3-7-13)21(19)32-22(26)14-10-15(23(27)28)12-16(11-14)24(29)30/h1-12,23-24,27,29H. The highest BCUT2D eigenvalue weighted by Gasteiger charge is 2.23. The molecule has 0 saturated carbocycles. The van der Waals surface area contributed by atoms with Crippen LogP contribution in [-0.4, -0.2) is 16.4 Å². The third-order valence-corrected chi connectivity index (χ3v) is 4.65. The average molecular weight is 436 g/mol. The molecule has 0 saturated heterocycles. The van der Waals surface area contributed by atoms with Crippen molar-refractivity contribution in [2.75, 3.05) is 0 Å². The van der Waals surface area contributed by atoms with Crippen LogP contribution in [-0.2, 0) is 0 Å². The summed E-state index contributed by atoms with van der Waals surface area (Å²) in [5.74, 6) is -1.48. The molecule has 10 heteroatoms. The van der Waals surface area contributed by atoms with Gasteiger partial charge < -0.3 is 19.6 Å². The topological polar surface area (TPSA) is 152 Å². The fraction of sp³-hybridized carbons (Fsp3) is 0. The number of quaternary nitrogens is 2. The molecular weight excluding hydrogens is 420 g/mol. The van der Waals surface area contributed by atoms with Gasteiger partial charge in [-0.15, -0.1) is 0 Å². The van der Waals surface area contributed by atoms with Crippen molar-refractivity contribution in [3.8, 4) is 17.1 Å². The van der Waals surface area contributed by atoms with Crippen molar-refractivity contribution in [2.24, 2.45) is 0 Å². The number of benzene rings is 3. The van der Waals surface area contributed by atoms with E-state index in [-0.39, 0.29) is 22.3 Å². The number of ether oxygens (including phenoxy) is 1. The molecule has 0 bridgehead atoms. The van der Waals surface area contributed by atoms with Crippen LogP contribution in [0.4, 0.5) is 11.4 Å². The molecule has 10 nitrogen and oxygen atoms in total. The lowest BCUT2D eigenvalue weighted by Gasteiger charge is -2.17. The fourth-order valence-corrected chi connectivity index (χ4v) is 3.14. The largest absolute Gasteiger partial charge is 0.595 e. The highest BCUT2D eigenvalue weighted by Crippen LogP contribution is 2.31. The van der Waals surface area contributed by atoms with Crippen molar-refractivity contribution < 1.29 is 34.8 Å². The molecule has 0 radical (unpaired) electrons. The second kappa shape index (κ2) is 8.69. The molecule has 4 aromatic rings. The average Bonchev–Trinajstić information content (AvgIpc) is 2.80. The normalized spacial score (nSPS) is 13.0. The molecule has 3 aromatic carbocycles. The highest BCUT2D eigenvalue weighted by molar-refractivity contribution is 5.94. The van der Waals surface area contributed by atoms with E-state index < -0.39 is 39.0 Å². The molecule has 0 fully saturated rings. The zero-order chi connectivity index (χ0) is 22.8. The molecule has 1 heterocycles. The Labute approximate surface area is 179 Å². The number of para-hydroxylation sites is 1. The zero-order valence-corrected chi connectivity index (χ0v) is 16.3. The van der Waals surface area contributed by atoms with E-state index in [1.54, 1.807) is 48.5 Å². The zero-order valence-electron chi connectivity index (χ0n) is 16.3. The van der Waals surface area contributed by atoms with Gasteiger partial charge in [0.05, 0.1) is 17.0 Å². The Bertz CT molecular complexity index is 1320. The van der Waals surface area contributed by atoms with E-state index in [9.17, 15) is 30.4 Å². The van der Waals surface area contributed by atoms with E-state index in [0.717, 1.165) is 18.2 Å². The van der Waals surface area contributed by atoms with Crippen LogP contribution < -0.4 is 20.6 Å². The molecule has 0 spiro atoms. The molecule has 162 valence electrons. The van der Waals surface area contributed by atoms with Crippen LogP contribution >= 0.6 is 0 Å². The van der Waals surface area contributed by atoms with Crippen LogP contribution in [0.3, 0.4) is 0 Å². The van der Waals surface area contributed by atoms with E-state index in [1.807, 2.05) is 0 Å². The summed E-state index contributed by atoms with van der Waals surface area (Å²) < 4.78 is 11.2. The third kappa shape index (κ3) is 4.13. The van der Waals surface area contributed by atoms with Crippen molar-refractivity contribution in [1.29, 1.82) is 0 Å². The smallest absolute Gasteiger partial charge is 0.344 e. The number of esters is 1. The minimum Gasteiger partial charge on any atom is -0.595 e. The van der Waals surface area contributed by atoms with Gasteiger partial charge in [0.2, 0.25) is 11.2 Å². The lowest BCUT2D eigenvalue weighted by molar-refractivity contribution is -0.996. The predicted octanol–water partition coefficient (Wildman–Crippen LogP) is 1.49. The number of nitrogens with one attached hydrogen (secondary N) is 2. The van der Waals surface area contributed by atoms with Gasteiger partial charge >= 0.3 is 5.97 Å². The summed E-state index contributed by atoms with van der Waals surface area (Å²) >= 11 is 0. The molecule has 32 heavy (non-hydrogen) atoms. The Kier molecular flexibility index (Phi) is 5.79. The van der Waals surface area contributed by atoms with Gasteiger partial charge in [-0.25, -0.2) is 15.2 Å². The lowest BCUT2D eigenvalue weighted by Crippen LogP contribution is -3.00. The summed E-state index contributed by atoms with van der Waals surface area (Å²) in [6.07, 6.45) is 0. The second-order valence-electron chi connectivity index (χ2n) is 6.75. The first-order chi connectivity index (χ1) is 15.3. The number of carbonyl (C=O) groups excluding carboxylic acids is 1. The number of fused-ring (bicyclic) bond motifs is 1. The van der Waals surface area contributed by atoms with Crippen molar-refractivity contribution in [3.05, 3.63) is 99.0 Å². The molecular formula is C22H16N2O8. The summed E-state index contributed by atoms with van der Waals surface area (Å²) in [6.45, 7) is 0. The summed E-state index contributed by atoms with van der Waals surface area (Å²) in [5, 5.41) is 38.5. The minimum absolute atomic E-state index is 0.00972. The van der Waals surface area contributed by atoms with E-state index >= 15 is 0 Å². The van der Waals surface area contributed by atoms with E-state index in [1.165, 1.54) is 6.07 Å². The van der Waals surface area contributed by atoms with E-state index in [0.29, 0.717) is 5.56 Å². The third-order valence-electron chi connectivity index (χ3n) is 4.65. The number of hydrogen-bond acceptors (Lipinski definition) is 8. The van der Waals surface area contributed by atoms with Gasteiger partial charge in [0.25, 0.3) is 0 Å². The number of carbonyl (C=O) groups is 1. The summed E-state index contributed by atoms with van der Waals surface area (Å²) in [4.78, 5) is 26.0. The molecule has 2 atom stereocenters. The number of rotatable bonds is 5. The quantitative estimate of drug-likeness (QED) is 0.271. The van der Waals surface area contributed by atoms with Crippen molar-refractivity contribution in [1.82, 2.24) is 0 Å². The Morgan fingerprint density at radius 3 is 2.09 bits per heavy atom. The fourth-order valence-electron chi connectivity index (χ4n) is 3.14. The summed E-state index contributed by atoms with van der Waals surface area (Å²) in [5.41, 5.74) is -1.00. The van der Waals surface area contributed by atoms with Crippen LogP contribution in [0.1, 0.15) is 10.4 Å². The first-order valence-electron chi connectivity index (χ1n) is 9.30. The van der Waals surface area contributed by atoms with E-state index in [2.05, 4.69) is 0 Å². The lowest BCUT2D eigenvalue weighted by atomic mass is 10.1. The van der Waals surface area contributed by atoms with Crippen LogP contribution in [0.5, 0.6) is 5.75 Å². The number of hydrogen-bond donors (Lipinski definition) is 4. The second-order valence-corrected chi connectivity index (χ2v) is 6.75. The van der Waals surface area contributed by atoms with Gasteiger partial charge in [-0.05, 0) is 12.1 Å². The minimum atomic E-state index is -1.42. The molecule has 0 aliphatic rings. The van der Waals surface area contributed by atoms with Gasteiger partial charge in [0.1, 0.15) is 5.58 Å². The molecule has 0 amide bonds. The van der Waals surface area contributed by atoms with Crippen molar-refractivity contribution in [3.63, 3.8) is 0 Å². The Hall–Kier alpha value is -3.90. The van der Waals surface area contributed by atoms with Gasteiger partial charge in [0.15, 0.2) is 17.1 Å². The van der Waals surface area contributed by atoms with Gasteiger partial charge in [-0.2, -0.15) is 10.5 Å². The van der Waals surface area contributed by atoms with Gasteiger partial charge in [-0.1, -0.05) is 42.5 Å². The van der Waals surface area contributed by atoms with Crippen LogP contribution in [0.15, 0.2) is 82.0 Å². The van der Waals surface area contributed by atoms with E-state index in [4.69, 9.17) is 9.15 Å². The first kappa shape index (κ1) is 21.3. The van der Waals surface area contributed by atoms with Gasteiger partial charge in [0, 0.05) is 17.7 Å². The Morgan fingerprint density at radius 1 is 0.875 bits per heavy atom. The van der Waals surface area contributed by atoms with Crippen molar-refractivity contribution in [2.45, 2.75) is 0 Å². The van der Waals surface area contributed by atoms with Gasteiger partial charge in [-0.3, -0.25) is 4.79 Å². The molecule has 4 rings (SSSR count). The molecule has 2 unspecified atom stereocenters. The highest BCUT2D eigenvalue weighted by atomic mass is 16.8. The molecule has 1 aromatic heterocycles. The maximum atomic E-state index is 13.1. The van der Waals surface area contributed by atoms with Crippen LogP contribution in [0, 0.1) is 10.4 Å². The molecule has 0 aliphatic carbocycles. The molecule has 0 aliphatic heterocycles. The maximum Gasteiger partial charge on any atom is 0.344 e. The van der Waals surface area contributed by atoms with Crippen LogP contribution in [0.2, 0.25) is 0 Å². The molecule has 4 N–H and O–H groups in total. The Morgan fingerprint density at radius 2 is 1.47 bits per heavy atom. The predicted molar refractivity (Wildman–Crippen MR) is 111 cm³/mol. The van der Waals surface area contributed by atoms with Crippen LogP contribution in [0.25, 0.3) is 22.3 Å². The monoisotopic (exact) mass is 436 g/mol. The summed E-state index contributed by atoms with van der Waals surface area (Å²) in [7, 11) is 0. The van der Waals surface area contributed by atoms with Crippen molar-refractivity contribution >= 4 is 28.3 Å². The Balaban J connectivity index is 1.85. The SMILES string of the molecule is O=C(Oc1c(-c2ccccc2)oc2ccccc2c1=O)c1cc([NH+]([O-])O)cc([NH+]([O-])O)c1. The maximum absolute atomic E-state index is 13.1. The first-order valence-corrected chi connectivity index (χ1v) is 9.30. The summed E-state index contributed by atoms with van der Waals surface area (Å²) in [6, 6.07) is 17.8.